The normalized spacial score (nSPS) is 24.0. The predicted molar refractivity (Wildman–Crippen MR) is 188 cm³/mol. The van der Waals surface area contributed by atoms with Gasteiger partial charge in [-0.05, 0) is 79.3 Å². The second-order valence-corrected chi connectivity index (χ2v) is 17.0. The van der Waals surface area contributed by atoms with Crippen molar-refractivity contribution >= 4 is 35.1 Å². The first kappa shape index (κ1) is 38.9. The van der Waals surface area contributed by atoms with E-state index >= 15 is 0 Å². The predicted octanol–water partition coefficient (Wildman–Crippen LogP) is 3.87. The van der Waals surface area contributed by atoms with E-state index in [9.17, 15) is 28.8 Å². The Labute approximate surface area is 292 Å². The van der Waals surface area contributed by atoms with Crippen LogP contribution in [-0.4, -0.2) is 77.4 Å². The number of hydrogen-bond acceptors (Lipinski definition) is 8. The van der Waals surface area contributed by atoms with E-state index in [0.29, 0.717) is 63.7 Å². The molecule has 1 unspecified atom stereocenters. The maximum Gasteiger partial charge on any atom is 0.287 e. The highest BCUT2D eigenvalue weighted by atomic mass is 16.2. The number of amides is 3. The molecule has 11 nitrogen and oxygen atoms in total. The maximum absolute atomic E-state index is 14.3. The van der Waals surface area contributed by atoms with E-state index < -0.39 is 35.7 Å². The van der Waals surface area contributed by atoms with E-state index in [1.165, 1.54) is 0 Å². The van der Waals surface area contributed by atoms with Gasteiger partial charge in [-0.15, -0.1) is 0 Å². The number of primary amides is 1. The lowest BCUT2D eigenvalue weighted by atomic mass is 9.80. The summed E-state index contributed by atoms with van der Waals surface area (Å²) in [5, 5.41) is 9.96. The van der Waals surface area contributed by atoms with E-state index in [1.807, 2.05) is 13.8 Å². The van der Waals surface area contributed by atoms with Crippen LogP contribution in [0.5, 0.6) is 0 Å². The Balaban J connectivity index is 1.42. The Kier molecular flexibility index (Phi) is 13.4. The van der Waals surface area contributed by atoms with Gasteiger partial charge in [-0.25, -0.2) is 0 Å². The first-order valence-corrected chi connectivity index (χ1v) is 18.7. The summed E-state index contributed by atoms with van der Waals surface area (Å²) in [6.45, 7) is 11.2. The van der Waals surface area contributed by atoms with Crippen LogP contribution in [0.25, 0.3) is 0 Å². The number of nitrogens with zero attached hydrogens (tertiary/aromatic N) is 1. The van der Waals surface area contributed by atoms with Crippen molar-refractivity contribution in [3.8, 4) is 0 Å². The van der Waals surface area contributed by atoms with Crippen molar-refractivity contribution in [3.63, 3.8) is 0 Å². The summed E-state index contributed by atoms with van der Waals surface area (Å²) in [5.74, 6) is -1.89. The molecule has 0 bridgehead atoms. The molecule has 1 heterocycles. The van der Waals surface area contributed by atoms with E-state index in [1.54, 1.807) is 11.0 Å². The van der Waals surface area contributed by atoms with Gasteiger partial charge in [0, 0.05) is 32.1 Å². The number of likely N-dealkylation sites (tertiary alicyclic amines) is 1. The molecule has 4 rings (SSSR count). The van der Waals surface area contributed by atoms with Gasteiger partial charge in [0.15, 0.2) is 11.6 Å². The van der Waals surface area contributed by atoms with Crippen molar-refractivity contribution in [1.82, 2.24) is 20.9 Å². The van der Waals surface area contributed by atoms with Gasteiger partial charge in [-0.2, -0.15) is 0 Å². The first-order valence-electron chi connectivity index (χ1n) is 18.7. The van der Waals surface area contributed by atoms with Crippen molar-refractivity contribution < 1.29 is 28.8 Å². The molecule has 3 amide bonds. The number of nitrogens with one attached hydrogen (secondary N) is 3. The number of rotatable bonds is 15. The Hall–Kier alpha value is -2.92. The maximum atomic E-state index is 14.3. The van der Waals surface area contributed by atoms with Crippen LogP contribution in [0.4, 0.5) is 0 Å². The van der Waals surface area contributed by atoms with Crippen LogP contribution in [0.3, 0.4) is 0 Å². The minimum atomic E-state index is -1.05. The van der Waals surface area contributed by atoms with E-state index in [2.05, 4.69) is 36.7 Å². The third kappa shape index (κ3) is 10.8. The zero-order chi connectivity index (χ0) is 35.9. The molecule has 0 radical (unpaired) electrons. The molecule has 0 aromatic heterocycles. The third-order valence-electron chi connectivity index (χ3n) is 11.3. The molecule has 1 aliphatic heterocycles. The SMILES string of the molecule is CC1(C)CC(=O)C=C(CC[C@@H](NCN[C@H](C(=O)N2CCC[C@H]2C(=O)NC(CC2CCC2)C(=O)C(N)=O)C2CCCCC2)C(C)(C)C)C(=O)C1. The molecule has 11 heteroatoms. The van der Waals surface area contributed by atoms with Crippen molar-refractivity contribution in [2.45, 2.75) is 155 Å². The summed E-state index contributed by atoms with van der Waals surface area (Å²) in [5.41, 5.74) is 5.43. The van der Waals surface area contributed by atoms with E-state index in [-0.39, 0.29) is 46.2 Å². The minimum absolute atomic E-state index is 0.00267. The van der Waals surface area contributed by atoms with Crippen LogP contribution < -0.4 is 21.7 Å². The molecular formula is C38H61N5O6. The Morgan fingerprint density at radius 3 is 2.24 bits per heavy atom. The fourth-order valence-corrected chi connectivity index (χ4v) is 8.19. The summed E-state index contributed by atoms with van der Waals surface area (Å²) in [6.07, 6.45) is 13.1. The van der Waals surface area contributed by atoms with Crippen LogP contribution >= 0.6 is 0 Å². The summed E-state index contributed by atoms with van der Waals surface area (Å²) >= 11 is 0. The summed E-state index contributed by atoms with van der Waals surface area (Å²) in [7, 11) is 0. The van der Waals surface area contributed by atoms with E-state index in [0.717, 1.165) is 51.4 Å². The Morgan fingerprint density at radius 1 is 0.939 bits per heavy atom. The number of ketones is 3. The minimum Gasteiger partial charge on any atom is -0.363 e. The molecule has 0 aromatic carbocycles. The average molecular weight is 684 g/mol. The lowest BCUT2D eigenvalue weighted by Crippen LogP contribution is -2.58. The molecular weight excluding hydrogens is 622 g/mol. The fourth-order valence-electron chi connectivity index (χ4n) is 8.19. The van der Waals surface area contributed by atoms with Crippen LogP contribution in [0.15, 0.2) is 11.6 Å². The van der Waals surface area contributed by atoms with Gasteiger partial charge in [0.25, 0.3) is 5.91 Å². The number of carbonyl (C=O) groups excluding carboxylic acids is 6. The number of hydrogen-bond donors (Lipinski definition) is 4. The summed E-state index contributed by atoms with van der Waals surface area (Å²) in [6, 6.07) is -2.15. The number of nitrogens with two attached hydrogens (primary N) is 1. The topological polar surface area (TPSA) is 168 Å². The standard InChI is InChI=1S/C38H61N5O6/c1-37(2,3)31(17-16-26-20-27(44)21-38(4,5)22-30(26)45)40-23-41-32(25-13-7-6-8-14-25)36(49)43-18-10-15-29(43)35(48)42-28(33(46)34(39)47)19-24-11-9-12-24/h20,24-25,28-29,31-32,40-41H,6-19,21-23H2,1-5H3,(H2,39,47)(H,42,48)/t28?,29-,31+,32-/m0/s1. The van der Waals surface area contributed by atoms with Gasteiger partial charge >= 0.3 is 0 Å². The highest BCUT2D eigenvalue weighted by Gasteiger charge is 2.42. The van der Waals surface area contributed by atoms with Crippen LogP contribution in [-0.2, 0) is 28.8 Å². The van der Waals surface area contributed by atoms with Gasteiger partial charge in [0.2, 0.25) is 17.6 Å². The molecule has 4 atom stereocenters. The second kappa shape index (κ2) is 16.9. The van der Waals surface area contributed by atoms with Crippen LogP contribution in [0.2, 0.25) is 0 Å². The van der Waals surface area contributed by atoms with Gasteiger partial charge in [-0.1, -0.05) is 73.1 Å². The van der Waals surface area contributed by atoms with Gasteiger partial charge in [-0.3, -0.25) is 34.1 Å². The molecule has 0 aromatic rings. The average Bonchev–Trinajstić information content (AvgIpc) is 3.46. The lowest BCUT2D eigenvalue weighted by Gasteiger charge is -2.37. The van der Waals surface area contributed by atoms with Crippen molar-refractivity contribution in [2.24, 2.45) is 28.4 Å². The molecule has 2 saturated carbocycles. The molecule has 3 fully saturated rings. The molecule has 274 valence electrons. The van der Waals surface area contributed by atoms with Gasteiger partial charge < -0.3 is 21.3 Å². The van der Waals surface area contributed by atoms with Crippen molar-refractivity contribution in [2.75, 3.05) is 13.2 Å². The van der Waals surface area contributed by atoms with Crippen molar-refractivity contribution in [1.29, 1.82) is 0 Å². The monoisotopic (exact) mass is 683 g/mol. The van der Waals surface area contributed by atoms with Crippen LogP contribution in [0.1, 0.15) is 131 Å². The van der Waals surface area contributed by atoms with Crippen LogP contribution in [0, 0.1) is 22.7 Å². The molecule has 3 aliphatic carbocycles. The smallest absolute Gasteiger partial charge is 0.287 e. The number of Topliss-reactive ketones (excluding diaryl/α,β-unsaturated/α-hetero) is 2. The lowest BCUT2D eigenvalue weighted by molar-refractivity contribution is -0.143. The van der Waals surface area contributed by atoms with E-state index in [4.69, 9.17) is 5.73 Å². The molecule has 5 N–H and O–H groups in total. The number of carbonyl (C=O) groups is 6. The Morgan fingerprint density at radius 2 is 1.63 bits per heavy atom. The Bertz CT molecular complexity index is 1280. The fraction of sp³-hybridized carbons (Fsp3) is 0.789. The van der Waals surface area contributed by atoms with Crippen molar-refractivity contribution in [3.05, 3.63) is 11.6 Å². The highest BCUT2D eigenvalue weighted by molar-refractivity contribution is 6.37. The quantitative estimate of drug-likeness (QED) is 0.149. The molecule has 1 saturated heterocycles. The zero-order valence-electron chi connectivity index (χ0n) is 30.5. The molecule has 0 spiro atoms. The molecule has 4 aliphatic rings. The second-order valence-electron chi connectivity index (χ2n) is 17.0. The highest BCUT2D eigenvalue weighted by Crippen LogP contribution is 2.34. The van der Waals surface area contributed by atoms with Gasteiger partial charge in [0.05, 0.1) is 12.1 Å². The number of allylic oxidation sites excluding steroid dienone is 2. The largest absolute Gasteiger partial charge is 0.363 e. The first-order chi connectivity index (χ1) is 23.1. The summed E-state index contributed by atoms with van der Waals surface area (Å²) in [4.78, 5) is 79.6. The summed E-state index contributed by atoms with van der Waals surface area (Å²) < 4.78 is 0. The zero-order valence-corrected chi connectivity index (χ0v) is 30.5. The molecule has 49 heavy (non-hydrogen) atoms. The third-order valence-corrected chi connectivity index (χ3v) is 11.3. The van der Waals surface area contributed by atoms with Gasteiger partial charge in [0.1, 0.15) is 6.04 Å².